The van der Waals surface area contributed by atoms with Gasteiger partial charge >= 0.3 is 0 Å². The molecule has 5 nitrogen and oxygen atoms in total. The molecule has 0 bridgehead atoms. The van der Waals surface area contributed by atoms with Crippen LogP contribution in [0.1, 0.15) is 31.4 Å². The minimum absolute atomic E-state index is 0.0406. The summed E-state index contributed by atoms with van der Waals surface area (Å²) in [6.07, 6.45) is 1.27. The van der Waals surface area contributed by atoms with E-state index in [4.69, 9.17) is 4.74 Å². The zero-order valence-corrected chi connectivity index (χ0v) is 10.4. The first-order chi connectivity index (χ1) is 8.60. The Balaban J connectivity index is 2.30. The van der Waals surface area contributed by atoms with Crippen LogP contribution in [-0.2, 0) is 9.59 Å². The molecule has 1 aromatic carbocycles. The fourth-order valence-corrected chi connectivity index (χ4v) is 2.14. The first-order valence-electron chi connectivity index (χ1n) is 5.85. The van der Waals surface area contributed by atoms with E-state index < -0.39 is 0 Å². The van der Waals surface area contributed by atoms with E-state index in [9.17, 15) is 9.59 Å². The number of carbonyl (C=O) groups is 2. The van der Waals surface area contributed by atoms with E-state index in [1.807, 2.05) is 6.07 Å². The molecule has 5 heteroatoms. The first kappa shape index (κ1) is 12.4. The van der Waals surface area contributed by atoms with Crippen molar-refractivity contribution in [3.63, 3.8) is 0 Å². The van der Waals surface area contributed by atoms with Crippen LogP contribution in [0.3, 0.4) is 0 Å². The van der Waals surface area contributed by atoms with E-state index in [0.29, 0.717) is 12.1 Å². The maximum absolute atomic E-state index is 11.3. The normalized spacial score (nSPS) is 18.3. The molecule has 1 aliphatic rings. The number of methoxy groups -OCH3 is 1. The number of benzene rings is 1. The van der Waals surface area contributed by atoms with Crippen LogP contribution in [0.2, 0.25) is 0 Å². The summed E-state index contributed by atoms with van der Waals surface area (Å²) in [6, 6.07) is 5.38. The second kappa shape index (κ2) is 5.08. The van der Waals surface area contributed by atoms with Crippen molar-refractivity contribution in [3.05, 3.63) is 23.8 Å². The maximum atomic E-state index is 11.3. The number of hydrogen-bond donors (Lipinski definition) is 2. The fourth-order valence-electron chi connectivity index (χ4n) is 2.14. The molecular weight excluding hydrogens is 232 g/mol. The smallest absolute Gasteiger partial charge is 0.221 e. The van der Waals surface area contributed by atoms with Gasteiger partial charge in [0.05, 0.1) is 13.2 Å². The van der Waals surface area contributed by atoms with Crippen LogP contribution < -0.4 is 15.4 Å². The predicted octanol–water partition coefficient (Wildman–Crippen LogP) is 1.60. The van der Waals surface area contributed by atoms with Crippen LogP contribution in [-0.4, -0.2) is 18.9 Å². The van der Waals surface area contributed by atoms with Gasteiger partial charge in [-0.25, -0.2) is 0 Å². The Labute approximate surface area is 106 Å². The molecule has 0 spiro atoms. The summed E-state index contributed by atoms with van der Waals surface area (Å²) in [5.74, 6) is 0.643. The van der Waals surface area contributed by atoms with Crippen molar-refractivity contribution in [1.29, 1.82) is 0 Å². The quantitative estimate of drug-likeness (QED) is 0.853. The summed E-state index contributed by atoms with van der Waals surface area (Å²) in [5.41, 5.74) is 1.61. The van der Waals surface area contributed by atoms with Crippen LogP contribution >= 0.6 is 0 Å². The lowest BCUT2D eigenvalue weighted by Crippen LogP contribution is -2.19. The topological polar surface area (TPSA) is 67.4 Å². The van der Waals surface area contributed by atoms with Gasteiger partial charge < -0.3 is 15.4 Å². The Bertz CT molecular complexity index is 485. The van der Waals surface area contributed by atoms with E-state index in [-0.39, 0.29) is 17.9 Å². The molecule has 96 valence electrons. The molecule has 1 atom stereocenters. The second-order valence-electron chi connectivity index (χ2n) is 4.30. The Morgan fingerprint density at radius 3 is 2.83 bits per heavy atom. The van der Waals surface area contributed by atoms with Crippen LogP contribution in [0.5, 0.6) is 5.75 Å². The highest BCUT2D eigenvalue weighted by atomic mass is 16.5. The number of carbonyl (C=O) groups excluding carboxylic acids is 2. The van der Waals surface area contributed by atoms with Crippen LogP contribution in [0.4, 0.5) is 5.69 Å². The molecule has 1 heterocycles. The standard InChI is InChI=1S/C13H16N2O3/c1-8(16)14-9-3-5-12(18-2)10(7-9)11-4-6-13(17)15-11/h3,5,7,11H,4,6H2,1-2H3,(H,14,16)(H,15,17)/t11-/m0/s1. The Morgan fingerprint density at radius 1 is 1.50 bits per heavy atom. The van der Waals surface area contributed by atoms with E-state index >= 15 is 0 Å². The lowest BCUT2D eigenvalue weighted by Gasteiger charge is -2.16. The van der Waals surface area contributed by atoms with E-state index in [0.717, 1.165) is 17.7 Å². The van der Waals surface area contributed by atoms with Gasteiger partial charge in [0.1, 0.15) is 5.75 Å². The summed E-state index contributed by atoms with van der Waals surface area (Å²) < 4.78 is 5.29. The molecule has 1 saturated heterocycles. The van der Waals surface area contributed by atoms with E-state index in [1.165, 1.54) is 6.92 Å². The lowest BCUT2D eigenvalue weighted by atomic mass is 10.0. The molecule has 0 saturated carbocycles. The molecule has 2 rings (SSSR count). The highest BCUT2D eigenvalue weighted by molar-refractivity contribution is 5.89. The van der Waals surface area contributed by atoms with Gasteiger partial charge in [0.25, 0.3) is 0 Å². The average molecular weight is 248 g/mol. The van der Waals surface area contributed by atoms with Crippen molar-refractivity contribution in [1.82, 2.24) is 5.32 Å². The molecule has 2 amide bonds. The molecule has 0 unspecified atom stereocenters. The van der Waals surface area contributed by atoms with Gasteiger partial charge in [-0.2, -0.15) is 0 Å². The van der Waals surface area contributed by atoms with Gasteiger partial charge in [0.2, 0.25) is 11.8 Å². The summed E-state index contributed by atoms with van der Waals surface area (Å²) in [6.45, 7) is 1.46. The Kier molecular flexibility index (Phi) is 3.50. The van der Waals surface area contributed by atoms with E-state index in [2.05, 4.69) is 10.6 Å². The number of hydrogen-bond acceptors (Lipinski definition) is 3. The molecule has 0 aliphatic carbocycles. The third kappa shape index (κ3) is 2.61. The monoisotopic (exact) mass is 248 g/mol. The third-order valence-electron chi connectivity index (χ3n) is 2.92. The van der Waals surface area contributed by atoms with Gasteiger partial charge in [-0.15, -0.1) is 0 Å². The van der Waals surface area contributed by atoms with Crippen molar-refractivity contribution in [3.8, 4) is 5.75 Å². The minimum Gasteiger partial charge on any atom is -0.496 e. The van der Waals surface area contributed by atoms with Crippen LogP contribution in [0.25, 0.3) is 0 Å². The summed E-state index contributed by atoms with van der Waals surface area (Å²) >= 11 is 0. The van der Waals surface area contributed by atoms with Gasteiger partial charge in [0, 0.05) is 24.6 Å². The minimum atomic E-state index is -0.124. The largest absolute Gasteiger partial charge is 0.496 e. The molecule has 2 N–H and O–H groups in total. The molecule has 1 aromatic rings. The van der Waals surface area contributed by atoms with Gasteiger partial charge in [-0.05, 0) is 24.6 Å². The zero-order valence-electron chi connectivity index (χ0n) is 10.4. The van der Waals surface area contributed by atoms with Crippen molar-refractivity contribution in [2.45, 2.75) is 25.8 Å². The zero-order chi connectivity index (χ0) is 13.1. The molecule has 0 aromatic heterocycles. The van der Waals surface area contributed by atoms with Gasteiger partial charge in [-0.1, -0.05) is 0 Å². The van der Waals surface area contributed by atoms with Crippen LogP contribution in [0.15, 0.2) is 18.2 Å². The Hall–Kier alpha value is -2.04. The van der Waals surface area contributed by atoms with Crippen molar-refractivity contribution >= 4 is 17.5 Å². The molecule has 1 aliphatic heterocycles. The number of ether oxygens (including phenoxy) is 1. The molecular formula is C13H16N2O3. The van der Waals surface area contributed by atoms with Crippen molar-refractivity contribution in [2.75, 3.05) is 12.4 Å². The second-order valence-corrected chi connectivity index (χ2v) is 4.30. The molecule has 0 radical (unpaired) electrons. The van der Waals surface area contributed by atoms with Gasteiger partial charge in [-0.3, -0.25) is 9.59 Å². The number of amides is 2. The summed E-state index contributed by atoms with van der Waals surface area (Å²) in [7, 11) is 1.59. The van der Waals surface area contributed by atoms with Crippen LogP contribution in [0, 0.1) is 0 Å². The third-order valence-corrected chi connectivity index (χ3v) is 2.92. The highest BCUT2D eigenvalue weighted by Crippen LogP contribution is 2.33. The fraction of sp³-hybridized carbons (Fsp3) is 0.385. The van der Waals surface area contributed by atoms with E-state index in [1.54, 1.807) is 19.2 Å². The molecule has 18 heavy (non-hydrogen) atoms. The first-order valence-corrected chi connectivity index (χ1v) is 5.85. The summed E-state index contributed by atoms with van der Waals surface area (Å²) in [5, 5.41) is 5.62. The lowest BCUT2D eigenvalue weighted by molar-refractivity contribution is -0.119. The SMILES string of the molecule is COc1ccc(NC(C)=O)cc1[C@@H]1CCC(=O)N1. The number of nitrogens with one attached hydrogen (secondary N) is 2. The summed E-state index contributed by atoms with van der Waals surface area (Å²) in [4.78, 5) is 22.3. The van der Waals surface area contributed by atoms with Gasteiger partial charge in [0.15, 0.2) is 0 Å². The average Bonchev–Trinajstić information content (AvgIpc) is 2.75. The Morgan fingerprint density at radius 2 is 2.28 bits per heavy atom. The predicted molar refractivity (Wildman–Crippen MR) is 67.4 cm³/mol. The number of rotatable bonds is 3. The highest BCUT2D eigenvalue weighted by Gasteiger charge is 2.25. The van der Waals surface area contributed by atoms with Crippen molar-refractivity contribution in [2.24, 2.45) is 0 Å². The van der Waals surface area contributed by atoms with Crippen molar-refractivity contribution < 1.29 is 14.3 Å². The maximum Gasteiger partial charge on any atom is 0.221 e. The number of anilines is 1. The molecule has 1 fully saturated rings.